The monoisotopic (exact) mass is 253 g/mol. The van der Waals surface area contributed by atoms with Gasteiger partial charge in [0.25, 0.3) is 0 Å². The summed E-state index contributed by atoms with van der Waals surface area (Å²) < 4.78 is 42.1. The van der Waals surface area contributed by atoms with E-state index < -0.39 is 12.1 Å². The normalized spacial score (nSPS) is 19.6. The molecule has 100 valence electrons. The molecule has 0 N–H and O–H groups in total. The van der Waals surface area contributed by atoms with Crippen LogP contribution in [0.1, 0.15) is 26.7 Å². The van der Waals surface area contributed by atoms with Gasteiger partial charge in [0.2, 0.25) is 0 Å². The second-order valence-corrected chi connectivity index (χ2v) is 4.63. The van der Waals surface area contributed by atoms with Crippen LogP contribution in [0.15, 0.2) is 0 Å². The van der Waals surface area contributed by atoms with Crippen molar-refractivity contribution in [2.45, 2.75) is 39.0 Å². The summed E-state index contributed by atoms with van der Waals surface area (Å²) in [6, 6.07) is 0. The van der Waals surface area contributed by atoms with Crippen molar-refractivity contribution in [2.24, 2.45) is 5.92 Å². The molecule has 0 spiro atoms. The first-order valence-corrected chi connectivity index (χ1v) is 5.77. The van der Waals surface area contributed by atoms with Crippen LogP contribution >= 0.6 is 0 Å². The first-order chi connectivity index (χ1) is 7.79. The van der Waals surface area contributed by atoms with E-state index in [0.29, 0.717) is 13.1 Å². The number of hydrogen-bond donors (Lipinski definition) is 0. The van der Waals surface area contributed by atoms with Crippen molar-refractivity contribution in [3.05, 3.63) is 0 Å². The zero-order valence-electron chi connectivity index (χ0n) is 10.1. The molecular weight excluding hydrogens is 235 g/mol. The Balaban J connectivity index is 2.30. The quantitative estimate of drug-likeness (QED) is 0.722. The number of likely N-dealkylation sites (tertiary alicyclic amines) is 1. The number of halogens is 3. The summed E-state index contributed by atoms with van der Waals surface area (Å²) in [6.45, 7) is 4.18. The van der Waals surface area contributed by atoms with E-state index >= 15 is 0 Å². The molecule has 3 nitrogen and oxygen atoms in total. The van der Waals surface area contributed by atoms with Crippen molar-refractivity contribution in [2.75, 3.05) is 19.6 Å². The van der Waals surface area contributed by atoms with Crippen molar-refractivity contribution in [1.82, 2.24) is 4.90 Å². The van der Waals surface area contributed by atoms with Crippen molar-refractivity contribution >= 4 is 5.97 Å². The van der Waals surface area contributed by atoms with Crippen LogP contribution in [-0.4, -0.2) is 42.8 Å². The molecule has 0 aromatic carbocycles. The van der Waals surface area contributed by atoms with E-state index in [1.54, 1.807) is 18.7 Å². The molecule has 6 heteroatoms. The Bertz CT molecular complexity index is 258. The third-order valence-corrected chi connectivity index (χ3v) is 2.77. The minimum absolute atomic E-state index is 0.0679. The number of nitrogens with zero attached hydrogens (tertiary/aromatic N) is 1. The van der Waals surface area contributed by atoms with Crippen LogP contribution in [-0.2, 0) is 9.53 Å². The highest BCUT2D eigenvalue weighted by atomic mass is 19.4. The average Bonchev–Trinajstić information content (AvgIpc) is 2.15. The van der Waals surface area contributed by atoms with E-state index in [4.69, 9.17) is 4.74 Å². The van der Waals surface area contributed by atoms with Crippen LogP contribution in [0.2, 0.25) is 0 Å². The van der Waals surface area contributed by atoms with Gasteiger partial charge < -0.3 is 4.74 Å². The molecule has 0 aromatic rings. The molecule has 1 heterocycles. The van der Waals surface area contributed by atoms with Crippen LogP contribution in [0.5, 0.6) is 0 Å². The lowest BCUT2D eigenvalue weighted by Gasteiger charge is -2.32. The maximum atomic E-state index is 12.4. The molecule has 0 aliphatic carbocycles. The highest BCUT2D eigenvalue weighted by Crippen LogP contribution is 2.33. The molecule has 17 heavy (non-hydrogen) atoms. The molecule has 1 aliphatic rings. The van der Waals surface area contributed by atoms with Crippen molar-refractivity contribution in [3.63, 3.8) is 0 Å². The van der Waals surface area contributed by atoms with Gasteiger partial charge in [-0.15, -0.1) is 0 Å². The van der Waals surface area contributed by atoms with E-state index in [1.165, 1.54) is 0 Å². The summed E-state index contributed by atoms with van der Waals surface area (Å²) in [4.78, 5) is 13.0. The molecule has 1 fully saturated rings. The number of esters is 1. The third kappa shape index (κ3) is 4.93. The van der Waals surface area contributed by atoms with Gasteiger partial charge >= 0.3 is 12.1 Å². The molecule has 0 unspecified atom stereocenters. The number of ether oxygens (including phenoxy) is 1. The molecule has 1 aliphatic heterocycles. The molecule has 0 amide bonds. The fourth-order valence-corrected chi connectivity index (χ4v) is 1.90. The Morgan fingerprint density at radius 1 is 1.35 bits per heavy atom. The molecule has 0 aromatic heterocycles. The van der Waals surface area contributed by atoms with Crippen LogP contribution in [0, 0.1) is 5.92 Å². The Labute approximate surface area is 98.9 Å². The second-order valence-electron chi connectivity index (χ2n) is 4.63. The molecule has 0 radical (unpaired) electrons. The molecule has 0 bridgehead atoms. The number of carbonyl (C=O) groups excluding carboxylic acids is 1. The number of piperidine rings is 1. The summed E-state index contributed by atoms with van der Waals surface area (Å²) in [5.74, 6) is -1.59. The van der Waals surface area contributed by atoms with Gasteiger partial charge in [-0.1, -0.05) is 0 Å². The SMILES string of the molecule is CC(C)OC(=O)CN1CCC(C(F)(F)F)CC1. The number of rotatable bonds is 3. The van der Waals surface area contributed by atoms with E-state index in [-0.39, 0.29) is 31.5 Å². The zero-order valence-corrected chi connectivity index (χ0v) is 10.1. The highest BCUT2D eigenvalue weighted by molar-refractivity contribution is 5.71. The molecule has 0 saturated carbocycles. The van der Waals surface area contributed by atoms with Crippen molar-refractivity contribution in [3.8, 4) is 0 Å². The molecule has 1 rings (SSSR count). The van der Waals surface area contributed by atoms with Crippen LogP contribution < -0.4 is 0 Å². The molecule has 1 saturated heterocycles. The first-order valence-electron chi connectivity index (χ1n) is 5.77. The zero-order chi connectivity index (χ0) is 13.1. The van der Waals surface area contributed by atoms with E-state index in [1.807, 2.05) is 0 Å². The summed E-state index contributed by atoms with van der Waals surface area (Å²) in [7, 11) is 0. The van der Waals surface area contributed by atoms with Crippen LogP contribution in [0.3, 0.4) is 0 Å². The number of hydrogen-bond acceptors (Lipinski definition) is 3. The van der Waals surface area contributed by atoms with Crippen molar-refractivity contribution in [1.29, 1.82) is 0 Å². The van der Waals surface area contributed by atoms with Gasteiger partial charge in [0.05, 0.1) is 18.6 Å². The summed E-state index contributed by atoms with van der Waals surface area (Å²) in [5.41, 5.74) is 0. The summed E-state index contributed by atoms with van der Waals surface area (Å²) >= 11 is 0. The van der Waals surface area contributed by atoms with Crippen molar-refractivity contribution < 1.29 is 22.7 Å². The average molecular weight is 253 g/mol. The summed E-state index contributed by atoms with van der Waals surface area (Å²) in [6.07, 6.45) is -4.16. The predicted molar refractivity (Wildman–Crippen MR) is 56.4 cm³/mol. The van der Waals surface area contributed by atoms with Gasteiger partial charge in [-0.05, 0) is 39.8 Å². The first kappa shape index (κ1) is 14.3. The topological polar surface area (TPSA) is 29.5 Å². The maximum absolute atomic E-state index is 12.4. The van der Waals surface area contributed by atoms with E-state index in [0.717, 1.165) is 0 Å². The minimum atomic E-state index is -4.11. The standard InChI is InChI=1S/C11H18F3NO2/c1-8(2)17-10(16)7-15-5-3-9(4-6-15)11(12,13)14/h8-9H,3-7H2,1-2H3. The molecule has 0 atom stereocenters. The van der Waals surface area contributed by atoms with E-state index in [9.17, 15) is 18.0 Å². The Morgan fingerprint density at radius 2 is 1.88 bits per heavy atom. The smallest absolute Gasteiger partial charge is 0.391 e. The fraction of sp³-hybridized carbons (Fsp3) is 0.909. The number of alkyl halides is 3. The van der Waals surface area contributed by atoms with Gasteiger partial charge in [-0.25, -0.2) is 0 Å². The molecular formula is C11H18F3NO2. The van der Waals surface area contributed by atoms with Crippen LogP contribution in [0.25, 0.3) is 0 Å². The Kier molecular flexibility index (Phi) is 4.80. The third-order valence-electron chi connectivity index (χ3n) is 2.77. The van der Waals surface area contributed by atoms with Gasteiger partial charge in [-0.2, -0.15) is 13.2 Å². The van der Waals surface area contributed by atoms with Gasteiger partial charge in [0.15, 0.2) is 0 Å². The maximum Gasteiger partial charge on any atom is 0.391 e. The van der Waals surface area contributed by atoms with Gasteiger partial charge in [-0.3, -0.25) is 9.69 Å². The lowest BCUT2D eigenvalue weighted by atomic mass is 9.96. The predicted octanol–water partition coefficient (Wildman–Crippen LogP) is 2.21. The largest absolute Gasteiger partial charge is 0.462 e. The Morgan fingerprint density at radius 3 is 2.29 bits per heavy atom. The van der Waals surface area contributed by atoms with Gasteiger partial charge in [0, 0.05) is 0 Å². The van der Waals surface area contributed by atoms with Gasteiger partial charge in [0.1, 0.15) is 0 Å². The second kappa shape index (κ2) is 5.71. The highest BCUT2D eigenvalue weighted by Gasteiger charge is 2.41. The lowest BCUT2D eigenvalue weighted by Crippen LogP contribution is -2.41. The fourth-order valence-electron chi connectivity index (χ4n) is 1.90. The summed E-state index contributed by atoms with van der Waals surface area (Å²) in [5, 5.41) is 0. The lowest BCUT2D eigenvalue weighted by molar-refractivity contribution is -0.185. The van der Waals surface area contributed by atoms with E-state index in [2.05, 4.69) is 0 Å². The minimum Gasteiger partial charge on any atom is -0.462 e. The number of carbonyl (C=O) groups is 1. The Hall–Kier alpha value is -0.780. The van der Waals surface area contributed by atoms with Crippen LogP contribution in [0.4, 0.5) is 13.2 Å².